The lowest BCUT2D eigenvalue weighted by atomic mass is 9.77. The van der Waals surface area contributed by atoms with E-state index in [0.717, 1.165) is 60.9 Å². The van der Waals surface area contributed by atoms with Gasteiger partial charge in [-0.05, 0) is 60.3 Å². The summed E-state index contributed by atoms with van der Waals surface area (Å²) < 4.78 is 17.4. The maximum absolute atomic E-state index is 12.2. The first-order chi connectivity index (χ1) is 21.7. The Balaban J connectivity index is 0.000000148. The van der Waals surface area contributed by atoms with Crippen LogP contribution < -0.4 is 5.32 Å². The van der Waals surface area contributed by atoms with E-state index >= 15 is 0 Å². The second kappa shape index (κ2) is 11.6. The van der Waals surface area contributed by atoms with Crippen molar-refractivity contribution in [3.05, 3.63) is 46.6 Å². The molecule has 2 aliphatic carbocycles. The molecule has 8 aliphatic rings. The second-order valence-electron chi connectivity index (χ2n) is 13.8. The van der Waals surface area contributed by atoms with Crippen LogP contribution in [0.2, 0.25) is 0 Å². The fourth-order valence-electron chi connectivity index (χ4n) is 9.27. The second-order valence-corrected chi connectivity index (χ2v) is 13.8. The van der Waals surface area contributed by atoms with E-state index in [1.54, 1.807) is 19.3 Å². The molecule has 9 nitrogen and oxygen atoms in total. The quantitative estimate of drug-likeness (QED) is 0.379. The molecule has 1 unspecified atom stereocenters. The van der Waals surface area contributed by atoms with Crippen molar-refractivity contribution in [3.8, 4) is 23.7 Å². The molecule has 8 atom stereocenters. The topological polar surface area (TPSA) is 83.6 Å². The minimum absolute atomic E-state index is 0.168. The molecule has 0 amide bonds. The third-order valence-electron chi connectivity index (χ3n) is 11.0. The van der Waals surface area contributed by atoms with Crippen molar-refractivity contribution >= 4 is 11.9 Å². The number of hydrogen-bond donors (Lipinski definition) is 1. The molecule has 238 valence electrons. The Morgan fingerprint density at radius 3 is 2.29 bits per heavy atom. The van der Waals surface area contributed by atoms with Gasteiger partial charge in [0.1, 0.15) is 0 Å². The lowest BCUT2D eigenvalue weighted by molar-refractivity contribution is -0.148. The summed E-state index contributed by atoms with van der Waals surface area (Å²) in [5.74, 6) is 12.4. The molecule has 4 fully saturated rings. The fourth-order valence-corrected chi connectivity index (χ4v) is 9.27. The number of ether oxygens (including phenoxy) is 3. The van der Waals surface area contributed by atoms with Gasteiger partial charge in [0.25, 0.3) is 0 Å². The predicted octanol–water partition coefficient (Wildman–Crippen LogP) is 1.96. The first-order valence-electron chi connectivity index (χ1n) is 16.4. The van der Waals surface area contributed by atoms with E-state index < -0.39 is 11.2 Å². The Labute approximate surface area is 266 Å². The molecule has 0 aromatic rings. The highest BCUT2D eigenvalue weighted by Gasteiger charge is 2.65. The van der Waals surface area contributed by atoms with Gasteiger partial charge in [-0.2, -0.15) is 0 Å². The van der Waals surface area contributed by atoms with E-state index in [1.807, 2.05) is 26.0 Å². The predicted molar refractivity (Wildman–Crippen MR) is 170 cm³/mol. The summed E-state index contributed by atoms with van der Waals surface area (Å²) in [7, 11) is 7.66. The lowest BCUT2D eigenvalue weighted by Gasteiger charge is -2.33. The summed E-state index contributed by atoms with van der Waals surface area (Å²) in [6.07, 6.45) is 14.2. The van der Waals surface area contributed by atoms with Crippen LogP contribution in [0.15, 0.2) is 46.6 Å². The maximum Gasteiger partial charge on any atom is 0.332 e. The van der Waals surface area contributed by atoms with Crippen molar-refractivity contribution in [1.29, 1.82) is 0 Å². The molecule has 1 N–H and O–H groups in total. The summed E-state index contributed by atoms with van der Waals surface area (Å²) >= 11 is 0. The molecule has 9 heteroatoms. The van der Waals surface area contributed by atoms with Gasteiger partial charge in [0.15, 0.2) is 11.2 Å². The van der Waals surface area contributed by atoms with E-state index in [1.165, 1.54) is 6.42 Å². The van der Waals surface area contributed by atoms with E-state index in [4.69, 9.17) is 14.2 Å². The minimum atomic E-state index is -0.499. The van der Waals surface area contributed by atoms with Crippen molar-refractivity contribution in [2.75, 3.05) is 47.9 Å². The first-order valence-corrected chi connectivity index (χ1v) is 16.4. The molecule has 6 aliphatic heterocycles. The summed E-state index contributed by atoms with van der Waals surface area (Å²) in [5, 5.41) is 3.02. The van der Waals surface area contributed by atoms with E-state index in [9.17, 15) is 9.59 Å². The van der Waals surface area contributed by atoms with Gasteiger partial charge in [-0.3, -0.25) is 14.7 Å². The van der Waals surface area contributed by atoms with Crippen LogP contribution in [-0.2, 0) is 23.8 Å². The monoisotopic (exact) mass is 612 g/mol. The third-order valence-corrected chi connectivity index (χ3v) is 11.0. The van der Waals surface area contributed by atoms with E-state index in [2.05, 4.69) is 57.9 Å². The zero-order chi connectivity index (χ0) is 31.5. The van der Waals surface area contributed by atoms with E-state index in [-0.39, 0.29) is 30.1 Å². The number of methoxy groups -OCH3 is 1. The smallest absolute Gasteiger partial charge is 0.332 e. The SMILES string of the molecule is CNCC#CC1=C[C@@H]2C[C@@]3(OC(=O)C=C13)[C@H]1CCCN21.COC(C)[C@H]1CC[C@H]2N1[C@@H]1C=C(C#CCN(C)C)C3=CC(=O)O[C@@]32C1. The van der Waals surface area contributed by atoms with Crippen molar-refractivity contribution < 1.29 is 23.8 Å². The van der Waals surface area contributed by atoms with Crippen LogP contribution in [0.5, 0.6) is 0 Å². The molecule has 0 radical (unpaired) electrons. The van der Waals surface area contributed by atoms with Crippen LogP contribution in [0.25, 0.3) is 0 Å². The number of fused-ring (bicyclic) bond motifs is 6. The van der Waals surface area contributed by atoms with Crippen molar-refractivity contribution in [1.82, 2.24) is 20.0 Å². The molecule has 8 rings (SSSR count). The number of rotatable bonds is 4. The Hall–Kier alpha value is -3.18. The molecule has 0 saturated carbocycles. The molecular formula is C36H44N4O5. The zero-order valence-electron chi connectivity index (χ0n) is 27.0. The third kappa shape index (κ3) is 4.83. The minimum Gasteiger partial charge on any atom is -0.449 e. The summed E-state index contributed by atoms with van der Waals surface area (Å²) in [6, 6.07) is 1.60. The van der Waals surface area contributed by atoms with Gasteiger partial charge in [0, 0.05) is 72.5 Å². The highest BCUT2D eigenvalue weighted by atomic mass is 16.6. The van der Waals surface area contributed by atoms with Crippen LogP contribution in [0.3, 0.4) is 0 Å². The van der Waals surface area contributed by atoms with Crippen molar-refractivity contribution in [2.24, 2.45) is 0 Å². The summed E-state index contributed by atoms with van der Waals surface area (Å²) in [5.41, 5.74) is 3.09. The number of nitrogens with zero attached hydrogens (tertiary/aromatic N) is 3. The zero-order valence-corrected chi connectivity index (χ0v) is 27.0. The van der Waals surface area contributed by atoms with Crippen LogP contribution in [0.1, 0.15) is 45.4 Å². The molecule has 6 heterocycles. The van der Waals surface area contributed by atoms with E-state index in [0.29, 0.717) is 31.2 Å². The van der Waals surface area contributed by atoms with Gasteiger partial charge < -0.3 is 19.5 Å². The van der Waals surface area contributed by atoms with Crippen LogP contribution >= 0.6 is 0 Å². The molecular weight excluding hydrogens is 568 g/mol. The standard InChI is InChI=1S/C20H26N2O3.C16H18N2O2/c1-13(24-4)17-7-8-18-20-12-15(22(17)18)10-14(6-5-9-21(2)3)16(20)11-19(23)25-20;1-17-6-2-4-11-8-12-10-16(13(11)9-15(19)20-16)14-5-3-7-18(12)14/h10-11,13,15,17-18H,7-9,12H2,1-4H3;8-9,12,14,17H,3,5-7,10H2,1H3/t13?,15-,17-,18-,20+;12-,14-,16+/m11/s1. The van der Waals surface area contributed by atoms with Crippen molar-refractivity contribution in [2.45, 2.75) is 93.0 Å². The molecule has 0 aromatic carbocycles. The molecule has 4 bridgehead atoms. The number of carbonyl (C=O) groups is 2. The van der Waals surface area contributed by atoms with Gasteiger partial charge in [0.05, 0.1) is 31.3 Å². The van der Waals surface area contributed by atoms with Crippen LogP contribution in [0, 0.1) is 23.7 Å². The molecule has 2 spiro atoms. The number of hydrogen-bond acceptors (Lipinski definition) is 9. The molecule has 45 heavy (non-hydrogen) atoms. The number of nitrogens with one attached hydrogen (secondary N) is 1. The highest BCUT2D eigenvalue weighted by Crippen LogP contribution is 2.56. The Morgan fingerprint density at radius 1 is 0.978 bits per heavy atom. The van der Waals surface area contributed by atoms with Gasteiger partial charge >= 0.3 is 11.9 Å². The van der Waals surface area contributed by atoms with Gasteiger partial charge in [-0.25, -0.2) is 9.59 Å². The van der Waals surface area contributed by atoms with Crippen LogP contribution in [0.4, 0.5) is 0 Å². The molecule has 0 aromatic heterocycles. The lowest BCUT2D eigenvalue weighted by Crippen LogP contribution is -2.47. The van der Waals surface area contributed by atoms with Crippen LogP contribution in [-0.4, -0.2) is 122 Å². The number of carbonyl (C=O) groups excluding carboxylic acids is 2. The van der Waals surface area contributed by atoms with Gasteiger partial charge in [0.2, 0.25) is 0 Å². The normalized spacial score (nSPS) is 37.2. The number of esters is 2. The first kappa shape index (κ1) is 30.5. The maximum atomic E-state index is 12.2. The highest BCUT2D eigenvalue weighted by molar-refractivity contribution is 5.90. The summed E-state index contributed by atoms with van der Waals surface area (Å²) in [4.78, 5) is 31.1. The van der Waals surface area contributed by atoms with Gasteiger partial charge in [-0.15, -0.1) is 0 Å². The summed E-state index contributed by atoms with van der Waals surface area (Å²) in [6.45, 7) is 4.60. The average Bonchev–Trinajstić information content (AvgIpc) is 3.83. The Kier molecular flexibility index (Phi) is 7.83. The largest absolute Gasteiger partial charge is 0.449 e. The van der Waals surface area contributed by atoms with Gasteiger partial charge in [-0.1, -0.05) is 35.8 Å². The van der Waals surface area contributed by atoms with Crippen molar-refractivity contribution in [3.63, 3.8) is 0 Å². The average molecular weight is 613 g/mol. The Morgan fingerprint density at radius 2 is 1.62 bits per heavy atom. The molecule has 4 saturated heterocycles. The Bertz CT molecular complexity index is 1540. The fraction of sp³-hybridized carbons (Fsp3) is 0.611.